The maximum Gasteiger partial charge on any atom is 0.0725 e. The molecule has 0 amide bonds. The summed E-state index contributed by atoms with van der Waals surface area (Å²) in [5, 5.41) is 2.02. The summed E-state index contributed by atoms with van der Waals surface area (Å²) in [6, 6.07) is 19.9. The SMILES string of the molecule is Nc1cc(CCCc2cc(N)c3ccccc3n2)nc2ccccc12. The van der Waals surface area contributed by atoms with Gasteiger partial charge in [0.15, 0.2) is 0 Å². The van der Waals surface area contributed by atoms with E-state index in [1.54, 1.807) is 0 Å². The standard InChI is InChI=1S/C21H20N4/c22-18-12-14(24-20-10-3-1-8-16(18)20)6-5-7-15-13-19(23)17-9-2-4-11-21(17)25-15/h1-4,8-13H,5-7H2,(H2,22,24)(H2,23,25). The molecule has 0 aliphatic rings. The second kappa shape index (κ2) is 6.40. The van der Waals surface area contributed by atoms with Gasteiger partial charge in [0.05, 0.1) is 11.0 Å². The van der Waals surface area contributed by atoms with E-state index in [2.05, 4.69) is 0 Å². The minimum Gasteiger partial charge on any atom is -0.398 e. The van der Waals surface area contributed by atoms with Crippen LogP contribution < -0.4 is 11.5 Å². The summed E-state index contributed by atoms with van der Waals surface area (Å²) in [5.41, 5.74) is 17.8. The predicted molar refractivity (Wildman–Crippen MR) is 104 cm³/mol. The predicted octanol–water partition coefficient (Wildman–Crippen LogP) is 4.12. The van der Waals surface area contributed by atoms with Gasteiger partial charge in [-0.25, -0.2) is 0 Å². The van der Waals surface area contributed by atoms with Gasteiger partial charge in [-0.05, 0) is 43.5 Å². The van der Waals surface area contributed by atoms with E-state index in [0.717, 1.165) is 63.8 Å². The molecule has 4 aromatic rings. The lowest BCUT2D eigenvalue weighted by Gasteiger charge is -2.08. The van der Waals surface area contributed by atoms with Gasteiger partial charge in [-0.1, -0.05) is 36.4 Å². The monoisotopic (exact) mass is 328 g/mol. The maximum atomic E-state index is 6.15. The highest BCUT2D eigenvalue weighted by Crippen LogP contribution is 2.23. The van der Waals surface area contributed by atoms with Crippen LogP contribution in [0.4, 0.5) is 11.4 Å². The summed E-state index contributed by atoms with van der Waals surface area (Å²) in [4.78, 5) is 9.42. The van der Waals surface area contributed by atoms with Crippen LogP contribution in [0, 0.1) is 0 Å². The molecule has 0 unspecified atom stereocenters. The Morgan fingerprint density at radius 3 is 1.56 bits per heavy atom. The Morgan fingerprint density at radius 1 is 0.640 bits per heavy atom. The van der Waals surface area contributed by atoms with Gasteiger partial charge in [-0.3, -0.25) is 9.97 Å². The molecular weight excluding hydrogens is 308 g/mol. The summed E-state index contributed by atoms with van der Waals surface area (Å²) in [6.07, 6.45) is 2.68. The number of aromatic nitrogens is 2. The number of anilines is 2. The normalized spacial score (nSPS) is 11.2. The van der Waals surface area contributed by atoms with Crippen molar-refractivity contribution in [1.29, 1.82) is 0 Å². The number of nitrogens with zero attached hydrogens (tertiary/aromatic N) is 2. The number of aryl methyl sites for hydroxylation is 2. The highest BCUT2D eigenvalue weighted by Gasteiger charge is 2.06. The zero-order chi connectivity index (χ0) is 17.2. The number of benzene rings is 2. The lowest BCUT2D eigenvalue weighted by atomic mass is 10.1. The molecule has 4 N–H and O–H groups in total. The molecule has 4 heteroatoms. The molecule has 2 heterocycles. The van der Waals surface area contributed by atoms with Crippen LogP contribution in [0.3, 0.4) is 0 Å². The van der Waals surface area contributed by atoms with Crippen molar-refractivity contribution in [1.82, 2.24) is 9.97 Å². The van der Waals surface area contributed by atoms with Crippen LogP contribution in [0.1, 0.15) is 17.8 Å². The Bertz CT molecular complexity index is 971. The first-order chi connectivity index (χ1) is 12.2. The van der Waals surface area contributed by atoms with E-state index in [1.165, 1.54) is 0 Å². The molecular formula is C21H20N4. The van der Waals surface area contributed by atoms with Crippen LogP contribution in [-0.4, -0.2) is 9.97 Å². The summed E-state index contributed by atoms with van der Waals surface area (Å²) in [6.45, 7) is 0. The first kappa shape index (κ1) is 15.4. The van der Waals surface area contributed by atoms with Gasteiger partial charge in [-0.15, -0.1) is 0 Å². The van der Waals surface area contributed by atoms with Gasteiger partial charge in [0, 0.05) is 33.5 Å². The van der Waals surface area contributed by atoms with Crippen molar-refractivity contribution in [3.63, 3.8) is 0 Å². The highest BCUT2D eigenvalue weighted by atomic mass is 14.7. The molecule has 124 valence electrons. The fourth-order valence-electron chi connectivity index (χ4n) is 3.23. The molecule has 0 saturated carbocycles. The highest BCUT2D eigenvalue weighted by molar-refractivity contribution is 5.90. The van der Waals surface area contributed by atoms with Crippen molar-refractivity contribution in [2.24, 2.45) is 0 Å². The van der Waals surface area contributed by atoms with Crippen molar-refractivity contribution in [3.8, 4) is 0 Å². The van der Waals surface area contributed by atoms with Crippen LogP contribution in [0.15, 0.2) is 60.7 Å². The van der Waals surface area contributed by atoms with E-state index in [0.29, 0.717) is 0 Å². The third-order valence-corrected chi connectivity index (χ3v) is 4.47. The van der Waals surface area contributed by atoms with Crippen molar-refractivity contribution < 1.29 is 0 Å². The summed E-state index contributed by atoms with van der Waals surface area (Å²) in [5.74, 6) is 0. The number of hydrogen-bond acceptors (Lipinski definition) is 4. The topological polar surface area (TPSA) is 77.8 Å². The van der Waals surface area contributed by atoms with E-state index in [9.17, 15) is 0 Å². The maximum absolute atomic E-state index is 6.15. The first-order valence-corrected chi connectivity index (χ1v) is 8.49. The number of rotatable bonds is 4. The van der Waals surface area contributed by atoms with E-state index in [4.69, 9.17) is 21.4 Å². The Hall–Kier alpha value is -3.14. The second-order valence-corrected chi connectivity index (χ2v) is 6.29. The van der Waals surface area contributed by atoms with Gasteiger partial charge >= 0.3 is 0 Å². The Morgan fingerprint density at radius 2 is 1.08 bits per heavy atom. The smallest absolute Gasteiger partial charge is 0.0725 e. The van der Waals surface area contributed by atoms with Crippen molar-refractivity contribution >= 4 is 33.2 Å². The number of nitrogens with two attached hydrogens (primary N) is 2. The first-order valence-electron chi connectivity index (χ1n) is 8.49. The summed E-state index contributed by atoms with van der Waals surface area (Å²) in [7, 11) is 0. The fraction of sp³-hybridized carbons (Fsp3) is 0.143. The zero-order valence-corrected chi connectivity index (χ0v) is 13.9. The Kier molecular flexibility index (Phi) is 3.94. The van der Waals surface area contributed by atoms with E-state index >= 15 is 0 Å². The molecule has 0 spiro atoms. The lowest BCUT2D eigenvalue weighted by molar-refractivity contribution is 0.788. The lowest BCUT2D eigenvalue weighted by Crippen LogP contribution is -1.99. The van der Waals surface area contributed by atoms with E-state index < -0.39 is 0 Å². The van der Waals surface area contributed by atoms with Crippen molar-refractivity contribution in [2.45, 2.75) is 19.3 Å². The van der Waals surface area contributed by atoms with Crippen LogP contribution in [0.25, 0.3) is 21.8 Å². The molecule has 2 aromatic carbocycles. The quantitative estimate of drug-likeness (QED) is 0.590. The van der Waals surface area contributed by atoms with Gasteiger partial charge in [-0.2, -0.15) is 0 Å². The second-order valence-electron chi connectivity index (χ2n) is 6.29. The minimum absolute atomic E-state index is 0.786. The molecule has 0 radical (unpaired) electrons. The molecule has 0 bridgehead atoms. The number of hydrogen-bond donors (Lipinski definition) is 2. The molecule has 0 saturated heterocycles. The van der Waals surface area contributed by atoms with Gasteiger partial charge < -0.3 is 11.5 Å². The molecule has 2 aromatic heterocycles. The zero-order valence-electron chi connectivity index (χ0n) is 13.9. The van der Waals surface area contributed by atoms with Crippen LogP contribution in [-0.2, 0) is 12.8 Å². The van der Waals surface area contributed by atoms with Crippen LogP contribution in [0.5, 0.6) is 0 Å². The van der Waals surface area contributed by atoms with Gasteiger partial charge in [0.2, 0.25) is 0 Å². The van der Waals surface area contributed by atoms with Crippen molar-refractivity contribution in [3.05, 3.63) is 72.1 Å². The number of pyridine rings is 2. The largest absolute Gasteiger partial charge is 0.398 e. The Labute approximate surface area is 146 Å². The van der Waals surface area contributed by atoms with E-state index in [1.807, 2.05) is 60.7 Å². The number of fused-ring (bicyclic) bond motifs is 2. The molecule has 0 atom stereocenters. The minimum atomic E-state index is 0.786. The molecule has 0 aliphatic carbocycles. The van der Waals surface area contributed by atoms with Crippen LogP contribution in [0.2, 0.25) is 0 Å². The number of nitrogen functional groups attached to an aromatic ring is 2. The average Bonchev–Trinajstić information content (AvgIpc) is 2.62. The molecule has 4 rings (SSSR count). The van der Waals surface area contributed by atoms with E-state index in [-0.39, 0.29) is 0 Å². The van der Waals surface area contributed by atoms with Gasteiger partial charge in [0.25, 0.3) is 0 Å². The number of para-hydroxylation sites is 2. The van der Waals surface area contributed by atoms with Crippen molar-refractivity contribution in [2.75, 3.05) is 11.5 Å². The molecule has 25 heavy (non-hydrogen) atoms. The third-order valence-electron chi connectivity index (χ3n) is 4.47. The summed E-state index contributed by atoms with van der Waals surface area (Å²) < 4.78 is 0. The Balaban J connectivity index is 1.51. The summed E-state index contributed by atoms with van der Waals surface area (Å²) >= 11 is 0. The molecule has 0 aliphatic heterocycles. The third kappa shape index (κ3) is 3.11. The fourth-order valence-corrected chi connectivity index (χ4v) is 3.23. The molecule has 0 fully saturated rings. The molecule has 4 nitrogen and oxygen atoms in total. The van der Waals surface area contributed by atoms with Crippen LogP contribution >= 0.6 is 0 Å². The van der Waals surface area contributed by atoms with Gasteiger partial charge in [0.1, 0.15) is 0 Å². The average molecular weight is 328 g/mol.